The van der Waals surface area contributed by atoms with Gasteiger partial charge in [-0.1, -0.05) is 48.0 Å². The Kier molecular flexibility index (Phi) is 4.31. The lowest BCUT2D eigenvalue weighted by molar-refractivity contribution is -0.137. The first-order chi connectivity index (χ1) is 8.90. The molecule has 1 N–H and O–H groups in total. The van der Waals surface area contributed by atoms with E-state index in [0.717, 1.165) is 10.0 Å². The third-order valence-electron chi connectivity index (χ3n) is 3.83. The molecule has 1 atom stereocenters. The normalized spacial score (nSPS) is 22.3. The van der Waals surface area contributed by atoms with Crippen molar-refractivity contribution in [2.75, 3.05) is 13.1 Å². The number of aliphatic hydroxyl groups is 1. The van der Waals surface area contributed by atoms with Crippen LogP contribution in [0, 0.1) is 5.41 Å². The maximum Gasteiger partial charge on any atom is 0.227 e. The number of hydrogen-bond donors (Lipinski definition) is 1. The van der Waals surface area contributed by atoms with Gasteiger partial charge in [-0.3, -0.25) is 4.79 Å². The average Bonchev–Trinajstić information content (AvgIpc) is 2.35. The Bertz CT molecular complexity index is 473. The van der Waals surface area contributed by atoms with E-state index < -0.39 is 0 Å². The van der Waals surface area contributed by atoms with Gasteiger partial charge in [-0.25, -0.2) is 0 Å². The molecule has 1 saturated heterocycles. The Morgan fingerprint density at radius 3 is 2.79 bits per heavy atom. The van der Waals surface area contributed by atoms with E-state index in [1.807, 2.05) is 43.0 Å². The molecular formula is C15H20BrNO2. The Morgan fingerprint density at radius 2 is 2.16 bits per heavy atom. The number of halogens is 1. The van der Waals surface area contributed by atoms with Crippen molar-refractivity contribution >= 4 is 21.8 Å². The van der Waals surface area contributed by atoms with Gasteiger partial charge in [-0.15, -0.1) is 0 Å². The van der Waals surface area contributed by atoms with Crippen molar-refractivity contribution < 1.29 is 9.90 Å². The van der Waals surface area contributed by atoms with Gasteiger partial charge >= 0.3 is 0 Å². The molecule has 19 heavy (non-hydrogen) atoms. The monoisotopic (exact) mass is 325 g/mol. The molecule has 1 aromatic rings. The van der Waals surface area contributed by atoms with E-state index in [-0.39, 0.29) is 17.4 Å². The molecule has 0 spiro atoms. The molecule has 1 aromatic carbocycles. The third kappa shape index (κ3) is 3.37. The van der Waals surface area contributed by atoms with Crippen LogP contribution in [-0.4, -0.2) is 35.1 Å². The molecule has 0 aromatic heterocycles. The predicted octanol–water partition coefficient (Wildman–Crippen LogP) is 2.61. The van der Waals surface area contributed by atoms with Crippen LogP contribution < -0.4 is 0 Å². The molecule has 0 radical (unpaired) electrons. The molecule has 1 amide bonds. The molecule has 104 valence electrons. The smallest absolute Gasteiger partial charge is 0.227 e. The van der Waals surface area contributed by atoms with Crippen LogP contribution in [-0.2, 0) is 11.2 Å². The summed E-state index contributed by atoms with van der Waals surface area (Å²) in [6.45, 7) is 5.29. The molecule has 1 aliphatic rings. The molecule has 3 nitrogen and oxygen atoms in total. The summed E-state index contributed by atoms with van der Waals surface area (Å²) in [7, 11) is 0. The topological polar surface area (TPSA) is 40.5 Å². The average molecular weight is 326 g/mol. The SMILES string of the molecule is CC1(C)CN(C(=O)Cc2ccccc2Br)CCC1O. The molecule has 2 rings (SSSR count). The van der Waals surface area contributed by atoms with Crippen LogP contribution in [0.2, 0.25) is 0 Å². The number of likely N-dealkylation sites (tertiary alicyclic amines) is 1. The lowest BCUT2D eigenvalue weighted by Crippen LogP contribution is -2.51. The summed E-state index contributed by atoms with van der Waals surface area (Å²) in [6.07, 6.45) is 0.752. The first kappa shape index (κ1) is 14.5. The van der Waals surface area contributed by atoms with Crippen LogP contribution in [0.1, 0.15) is 25.8 Å². The van der Waals surface area contributed by atoms with Crippen LogP contribution in [0.3, 0.4) is 0 Å². The van der Waals surface area contributed by atoms with Crippen molar-refractivity contribution in [3.8, 4) is 0 Å². The second-order valence-corrected chi connectivity index (χ2v) is 6.73. The quantitative estimate of drug-likeness (QED) is 0.908. The standard InChI is InChI=1S/C15H20BrNO2/c1-15(2)10-17(8-7-13(15)18)14(19)9-11-5-3-4-6-12(11)16/h3-6,13,18H,7-10H2,1-2H3. The number of nitrogens with zero attached hydrogens (tertiary/aromatic N) is 1. The summed E-state index contributed by atoms with van der Waals surface area (Å²) in [5.74, 6) is 0.131. The highest BCUT2D eigenvalue weighted by Crippen LogP contribution is 2.29. The molecule has 0 bridgehead atoms. The number of rotatable bonds is 2. The summed E-state index contributed by atoms with van der Waals surface area (Å²) in [5, 5.41) is 9.92. The Balaban J connectivity index is 2.03. The molecule has 1 unspecified atom stereocenters. The number of carbonyl (C=O) groups is 1. The van der Waals surface area contributed by atoms with Crippen molar-refractivity contribution in [1.82, 2.24) is 4.90 Å². The number of aliphatic hydroxyl groups excluding tert-OH is 1. The molecule has 0 aliphatic carbocycles. The minimum atomic E-state index is -0.319. The van der Waals surface area contributed by atoms with E-state index in [1.165, 1.54) is 0 Å². The second-order valence-electron chi connectivity index (χ2n) is 5.88. The van der Waals surface area contributed by atoms with E-state index in [4.69, 9.17) is 0 Å². The van der Waals surface area contributed by atoms with Gasteiger partial charge in [-0.2, -0.15) is 0 Å². The van der Waals surface area contributed by atoms with Gasteiger partial charge in [0.15, 0.2) is 0 Å². The summed E-state index contributed by atoms with van der Waals surface area (Å²) in [5.41, 5.74) is 0.790. The minimum absolute atomic E-state index is 0.131. The number of piperidine rings is 1. The second kappa shape index (κ2) is 5.63. The third-order valence-corrected chi connectivity index (χ3v) is 4.60. The molecular weight excluding hydrogens is 306 g/mol. The predicted molar refractivity (Wildman–Crippen MR) is 78.8 cm³/mol. The van der Waals surface area contributed by atoms with Crippen LogP contribution in [0.5, 0.6) is 0 Å². The number of benzene rings is 1. The van der Waals surface area contributed by atoms with E-state index in [0.29, 0.717) is 25.9 Å². The van der Waals surface area contributed by atoms with Crippen molar-refractivity contribution in [1.29, 1.82) is 0 Å². The van der Waals surface area contributed by atoms with E-state index in [1.54, 1.807) is 0 Å². The van der Waals surface area contributed by atoms with Gasteiger partial charge < -0.3 is 10.0 Å². The zero-order valence-electron chi connectivity index (χ0n) is 11.4. The summed E-state index contributed by atoms with van der Waals surface area (Å²) < 4.78 is 0.972. The first-order valence-electron chi connectivity index (χ1n) is 6.59. The highest BCUT2D eigenvalue weighted by Gasteiger charge is 2.36. The van der Waals surface area contributed by atoms with Gasteiger partial charge in [0.25, 0.3) is 0 Å². The largest absolute Gasteiger partial charge is 0.392 e. The van der Waals surface area contributed by atoms with Crippen molar-refractivity contribution in [2.45, 2.75) is 32.8 Å². The molecule has 1 aliphatic heterocycles. The van der Waals surface area contributed by atoms with Crippen molar-refractivity contribution in [3.63, 3.8) is 0 Å². The molecule has 1 fully saturated rings. The minimum Gasteiger partial charge on any atom is -0.392 e. The fraction of sp³-hybridized carbons (Fsp3) is 0.533. The van der Waals surface area contributed by atoms with Crippen LogP contribution >= 0.6 is 15.9 Å². The van der Waals surface area contributed by atoms with Gasteiger partial charge in [0.1, 0.15) is 0 Å². The number of hydrogen-bond acceptors (Lipinski definition) is 2. The van der Waals surface area contributed by atoms with Gasteiger partial charge in [0.05, 0.1) is 12.5 Å². The van der Waals surface area contributed by atoms with Crippen LogP contribution in [0.4, 0.5) is 0 Å². The summed E-state index contributed by atoms with van der Waals surface area (Å²) >= 11 is 3.47. The van der Waals surface area contributed by atoms with Gasteiger partial charge in [0.2, 0.25) is 5.91 Å². The van der Waals surface area contributed by atoms with E-state index in [9.17, 15) is 9.90 Å². The number of amides is 1. The van der Waals surface area contributed by atoms with Crippen LogP contribution in [0.25, 0.3) is 0 Å². The fourth-order valence-corrected chi connectivity index (χ4v) is 2.90. The summed E-state index contributed by atoms with van der Waals surface area (Å²) in [6, 6.07) is 7.80. The van der Waals surface area contributed by atoms with Gasteiger partial charge in [-0.05, 0) is 18.1 Å². The van der Waals surface area contributed by atoms with Crippen molar-refractivity contribution in [3.05, 3.63) is 34.3 Å². The lowest BCUT2D eigenvalue weighted by Gasteiger charge is -2.41. The first-order valence-corrected chi connectivity index (χ1v) is 7.39. The maximum atomic E-state index is 12.3. The van der Waals surface area contributed by atoms with Crippen molar-refractivity contribution in [2.24, 2.45) is 5.41 Å². The Morgan fingerprint density at radius 1 is 1.47 bits per heavy atom. The highest BCUT2D eigenvalue weighted by atomic mass is 79.9. The zero-order chi connectivity index (χ0) is 14.0. The maximum absolute atomic E-state index is 12.3. The van der Waals surface area contributed by atoms with Crippen LogP contribution in [0.15, 0.2) is 28.7 Å². The van der Waals surface area contributed by atoms with E-state index in [2.05, 4.69) is 15.9 Å². The fourth-order valence-electron chi connectivity index (χ4n) is 2.47. The lowest BCUT2D eigenvalue weighted by atomic mass is 9.81. The Hall–Kier alpha value is -0.870. The highest BCUT2D eigenvalue weighted by molar-refractivity contribution is 9.10. The van der Waals surface area contributed by atoms with E-state index >= 15 is 0 Å². The van der Waals surface area contributed by atoms with Gasteiger partial charge in [0, 0.05) is 23.0 Å². The number of carbonyl (C=O) groups excluding carboxylic acids is 1. The molecule has 1 heterocycles. The Labute approximate surface area is 122 Å². The zero-order valence-corrected chi connectivity index (χ0v) is 13.0. The summed E-state index contributed by atoms with van der Waals surface area (Å²) in [4.78, 5) is 14.2. The molecule has 0 saturated carbocycles. The molecule has 4 heteroatoms.